The van der Waals surface area contributed by atoms with Gasteiger partial charge in [-0.25, -0.2) is 9.52 Å². The summed E-state index contributed by atoms with van der Waals surface area (Å²) < 4.78 is 36.3. The van der Waals surface area contributed by atoms with Crippen molar-refractivity contribution in [2.24, 2.45) is 11.7 Å². The molecule has 3 heterocycles. The molecule has 0 spiro atoms. The number of fused-ring (bicyclic) bond motifs is 3. The number of hydrogen-bond donors (Lipinski definition) is 4. The van der Waals surface area contributed by atoms with Crippen molar-refractivity contribution in [3.63, 3.8) is 0 Å². The first-order valence-electron chi connectivity index (χ1n) is 16.8. The summed E-state index contributed by atoms with van der Waals surface area (Å²) in [7, 11) is -4.19. The van der Waals surface area contributed by atoms with E-state index in [9.17, 15) is 27.6 Å². The van der Waals surface area contributed by atoms with Crippen molar-refractivity contribution in [2.45, 2.75) is 113 Å². The second-order valence-corrected chi connectivity index (χ2v) is 15.4. The number of nitrogens with two attached hydrogens (primary N) is 1. The first-order valence-corrected chi connectivity index (χ1v) is 18.7. The van der Waals surface area contributed by atoms with E-state index in [-0.39, 0.29) is 32.0 Å². The molecule has 6 rings (SSSR count). The topological polar surface area (TPSA) is 180 Å². The molecule has 15 heteroatoms. The van der Waals surface area contributed by atoms with Crippen LogP contribution in [-0.2, 0) is 42.4 Å². The summed E-state index contributed by atoms with van der Waals surface area (Å²) in [5, 5.41) is 3.35. The highest BCUT2D eigenvalue weighted by Crippen LogP contribution is 2.45. The van der Waals surface area contributed by atoms with Crippen LogP contribution in [0.2, 0.25) is 5.02 Å². The Hall–Kier alpha value is -3.42. The SMILES string of the molecule is N[C@H]1CCCCCC=C=C[C@@H]2C[C@@]2(C(=O)NS(=O)(=O)NC2CCCC2)NC(=O)[C@@H]2C[C@@H](OC(=O)N3Cc4cccc(Cl)c4C3)CN2C1=O. The first kappa shape index (κ1) is 34.4. The van der Waals surface area contributed by atoms with Crippen LogP contribution in [0.1, 0.15) is 81.8 Å². The number of carbonyl (C=O) groups excluding carboxylic acids is 4. The average Bonchev–Trinajstić information content (AvgIpc) is 3.46. The van der Waals surface area contributed by atoms with Crippen LogP contribution in [-0.4, -0.2) is 78.3 Å². The summed E-state index contributed by atoms with van der Waals surface area (Å²) >= 11 is 6.33. The lowest BCUT2D eigenvalue weighted by Gasteiger charge is -2.28. The molecule has 260 valence electrons. The molecular weight excluding hydrogens is 660 g/mol. The molecule has 4 amide bonds. The van der Waals surface area contributed by atoms with E-state index in [4.69, 9.17) is 22.1 Å². The highest BCUT2D eigenvalue weighted by Gasteiger charge is 2.62. The minimum atomic E-state index is -4.19. The van der Waals surface area contributed by atoms with Crippen LogP contribution in [0.4, 0.5) is 4.79 Å². The standard InChI is InChI=1S/C33H43ClN6O7S/c34-26-14-9-10-21-18-39(20-25(21)26)32(44)47-24-16-28-29(41)36-33(31(43)38-48(45,46)37-23-12-7-8-13-23)17-22(33)11-5-3-1-2-4-6-15-27(35)30(42)40(28)19-24/h3,9-11,14,22-24,27-28,37H,1-2,4,6-8,12-13,15-20,35H2,(H,36,41)(H,38,43)/t5?,22-,24-,27+,28+,33-/m1/s1. The fourth-order valence-corrected chi connectivity index (χ4v) is 8.67. The lowest BCUT2D eigenvalue weighted by Crippen LogP contribution is -2.58. The van der Waals surface area contributed by atoms with Gasteiger partial charge in [-0.1, -0.05) is 49.4 Å². The van der Waals surface area contributed by atoms with Gasteiger partial charge < -0.3 is 20.7 Å². The Labute approximate surface area is 285 Å². The number of amides is 4. The van der Waals surface area contributed by atoms with Crippen LogP contribution in [0.15, 0.2) is 36.1 Å². The van der Waals surface area contributed by atoms with E-state index < -0.39 is 63.7 Å². The van der Waals surface area contributed by atoms with Gasteiger partial charge >= 0.3 is 16.3 Å². The van der Waals surface area contributed by atoms with Gasteiger partial charge in [0.1, 0.15) is 17.7 Å². The van der Waals surface area contributed by atoms with Crippen LogP contribution in [0.3, 0.4) is 0 Å². The molecule has 5 N–H and O–H groups in total. The number of ether oxygens (including phenoxy) is 1. The van der Waals surface area contributed by atoms with Crippen LogP contribution in [0, 0.1) is 5.92 Å². The maximum absolute atomic E-state index is 14.0. The summed E-state index contributed by atoms with van der Waals surface area (Å²) in [6, 6.07) is 3.25. The van der Waals surface area contributed by atoms with Gasteiger partial charge in [-0.3, -0.25) is 19.3 Å². The van der Waals surface area contributed by atoms with E-state index in [1.807, 2.05) is 18.2 Å². The predicted octanol–water partition coefficient (Wildman–Crippen LogP) is 2.53. The third-order valence-electron chi connectivity index (χ3n) is 10.1. The summed E-state index contributed by atoms with van der Waals surface area (Å²) in [5.41, 5.74) is 9.62. The number of benzene rings is 1. The predicted molar refractivity (Wildman–Crippen MR) is 176 cm³/mol. The summed E-state index contributed by atoms with van der Waals surface area (Å²) in [4.78, 5) is 57.4. The van der Waals surface area contributed by atoms with Gasteiger partial charge in [-0.05, 0) is 67.9 Å². The molecule has 1 aromatic rings. The maximum Gasteiger partial charge on any atom is 0.410 e. The monoisotopic (exact) mass is 702 g/mol. The Balaban J connectivity index is 1.20. The molecular formula is C33H43ClN6O7S. The molecule has 5 aliphatic rings. The van der Waals surface area contributed by atoms with Crippen LogP contribution in [0.25, 0.3) is 0 Å². The molecule has 48 heavy (non-hydrogen) atoms. The van der Waals surface area contributed by atoms with Gasteiger partial charge in [0.2, 0.25) is 11.8 Å². The van der Waals surface area contributed by atoms with E-state index >= 15 is 0 Å². The smallest absolute Gasteiger partial charge is 0.410 e. The molecule has 1 saturated heterocycles. The minimum absolute atomic E-state index is 0.0166. The number of nitrogens with one attached hydrogen (secondary N) is 3. The van der Waals surface area contributed by atoms with E-state index in [0.29, 0.717) is 30.8 Å². The molecule has 3 fully saturated rings. The summed E-state index contributed by atoms with van der Waals surface area (Å²) in [6.07, 6.45) is 8.99. The lowest BCUT2D eigenvalue weighted by molar-refractivity contribution is -0.140. The zero-order valence-corrected chi connectivity index (χ0v) is 28.4. The minimum Gasteiger partial charge on any atom is -0.444 e. The molecule has 5 atom stereocenters. The maximum atomic E-state index is 14.0. The highest BCUT2D eigenvalue weighted by atomic mass is 35.5. The van der Waals surface area contributed by atoms with Gasteiger partial charge in [0.15, 0.2) is 0 Å². The molecule has 1 aromatic carbocycles. The Morgan fingerprint density at radius 2 is 1.85 bits per heavy atom. The van der Waals surface area contributed by atoms with Crippen LogP contribution in [0.5, 0.6) is 0 Å². The molecule has 13 nitrogen and oxygen atoms in total. The molecule has 2 saturated carbocycles. The van der Waals surface area contributed by atoms with Crippen molar-refractivity contribution < 1.29 is 32.3 Å². The number of carbonyl (C=O) groups is 4. The van der Waals surface area contributed by atoms with Crippen molar-refractivity contribution in [1.29, 1.82) is 0 Å². The molecule has 3 aliphatic heterocycles. The third-order valence-corrected chi connectivity index (χ3v) is 11.5. The molecule has 0 radical (unpaired) electrons. The van der Waals surface area contributed by atoms with E-state index in [1.54, 1.807) is 12.1 Å². The quantitative estimate of drug-likeness (QED) is 0.338. The third kappa shape index (κ3) is 7.58. The zero-order chi connectivity index (χ0) is 34.1. The normalized spacial score (nSPS) is 29.6. The number of hydrogen-bond acceptors (Lipinski definition) is 8. The molecule has 2 aliphatic carbocycles. The zero-order valence-electron chi connectivity index (χ0n) is 26.8. The van der Waals surface area contributed by atoms with Crippen molar-refractivity contribution in [2.75, 3.05) is 6.54 Å². The van der Waals surface area contributed by atoms with E-state index in [2.05, 4.69) is 20.5 Å². The highest BCUT2D eigenvalue weighted by molar-refractivity contribution is 7.88. The van der Waals surface area contributed by atoms with E-state index in [1.165, 1.54) is 9.80 Å². The lowest BCUT2D eigenvalue weighted by atomic mass is 10.1. The Bertz CT molecular complexity index is 1630. The number of nitrogens with zero attached hydrogens (tertiary/aromatic N) is 2. The number of halogens is 1. The Morgan fingerprint density at radius 3 is 2.62 bits per heavy atom. The molecule has 0 bridgehead atoms. The summed E-state index contributed by atoms with van der Waals surface area (Å²) in [6.45, 7) is 0.540. The van der Waals surface area contributed by atoms with Crippen molar-refractivity contribution in [3.8, 4) is 0 Å². The fourth-order valence-electron chi connectivity index (χ4n) is 7.25. The first-order chi connectivity index (χ1) is 23.0. The van der Waals surface area contributed by atoms with Gasteiger partial charge in [0.25, 0.3) is 5.91 Å². The fraction of sp³-hybridized carbons (Fsp3) is 0.606. The second-order valence-electron chi connectivity index (χ2n) is 13.6. The van der Waals surface area contributed by atoms with Crippen LogP contribution < -0.4 is 20.5 Å². The van der Waals surface area contributed by atoms with Gasteiger partial charge in [-0.2, -0.15) is 13.1 Å². The van der Waals surface area contributed by atoms with Gasteiger partial charge in [0.05, 0.1) is 19.1 Å². The Kier molecular flexibility index (Phi) is 10.2. The Morgan fingerprint density at radius 1 is 1.08 bits per heavy atom. The van der Waals surface area contributed by atoms with Crippen molar-refractivity contribution in [1.82, 2.24) is 24.6 Å². The van der Waals surface area contributed by atoms with E-state index in [0.717, 1.165) is 49.7 Å². The second kappa shape index (κ2) is 14.2. The van der Waals surface area contributed by atoms with Gasteiger partial charge in [-0.15, -0.1) is 5.73 Å². The molecule has 0 aromatic heterocycles. The average molecular weight is 703 g/mol. The number of rotatable bonds is 5. The van der Waals surface area contributed by atoms with Crippen LogP contribution >= 0.6 is 11.6 Å². The largest absolute Gasteiger partial charge is 0.444 e. The van der Waals surface area contributed by atoms with Gasteiger partial charge in [0, 0.05) is 29.9 Å². The summed E-state index contributed by atoms with van der Waals surface area (Å²) in [5.74, 6) is -2.49. The molecule has 0 unspecified atom stereocenters. The van der Waals surface area contributed by atoms with Crippen molar-refractivity contribution in [3.05, 3.63) is 52.2 Å². The van der Waals surface area contributed by atoms with Crippen molar-refractivity contribution >= 4 is 45.6 Å².